The zero-order valence-corrected chi connectivity index (χ0v) is 13.6. The number of rotatable bonds is 8. The Morgan fingerprint density at radius 1 is 1.33 bits per heavy atom. The molecular formula is C16H30N4O. The molecule has 1 aromatic heterocycles. The monoisotopic (exact) mass is 294 g/mol. The first-order chi connectivity index (χ1) is 10.2. The molecule has 120 valence electrons. The van der Waals surface area contributed by atoms with Gasteiger partial charge < -0.3 is 10.5 Å². The molecule has 21 heavy (non-hydrogen) atoms. The number of methoxy groups -OCH3 is 1. The highest BCUT2D eigenvalue weighted by Gasteiger charge is 2.22. The fourth-order valence-electron chi connectivity index (χ4n) is 3.24. The van der Waals surface area contributed by atoms with E-state index in [1.165, 1.54) is 32.1 Å². The molecule has 1 heterocycles. The molecule has 1 saturated carbocycles. The summed E-state index contributed by atoms with van der Waals surface area (Å²) in [6, 6.07) is 0.0171. The van der Waals surface area contributed by atoms with E-state index in [1.807, 2.05) is 4.68 Å². The predicted octanol–water partition coefficient (Wildman–Crippen LogP) is 2.85. The van der Waals surface area contributed by atoms with Gasteiger partial charge in [-0.05, 0) is 18.8 Å². The zero-order chi connectivity index (χ0) is 15.1. The van der Waals surface area contributed by atoms with Crippen LogP contribution in [-0.4, -0.2) is 28.5 Å². The summed E-state index contributed by atoms with van der Waals surface area (Å²) in [7, 11) is 1.71. The number of hydrogen-bond acceptors (Lipinski definition) is 4. The summed E-state index contributed by atoms with van der Waals surface area (Å²) in [4.78, 5) is 4.68. The summed E-state index contributed by atoms with van der Waals surface area (Å²) in [6.45, 7) is 3.72. The molecule has 0 unspecified atom stereocenters. The van der Waals surface area contributed by atoms with E-state index in [2.05, 4.69) is 17.0 Å². The molecule has 0 aromatic carbocycles. The molecule has 1 atom stereocenters. The van der Waals surface area contributed by atoms with Crippen molar-refractivity contribution in [2.75, 3.05) is 13.7 Å². The van der Waals surface area contributed by atoms with Crippen molar-refractivity contribution in [3.63, 3.8) is 0 Å². The maximum Gasteiger partial charge on any atom is 0.153 e. The second kappa shape index (κ2) is 8.49. The van der Waals surface area contributed by atoms with Gasteiger partial charge in [0.05, 0.1) is 12.6 Å². The Morgan fingerprint density at radius 3 is 2.76 bits per heavy atom. The van der Waals surface area contributed by atoms with Gasteiger partial charge in [0.2, 0.25) is 0 Å². The fraction of sp³-hybridized carbons (Fsp3) is 0.875. The minimum absolute atomic E-state index is 0.0171. The van der Waals surface area contributed by atoms with Gasteiger partial charge >= 0.3 is 0 Å². The highest BCUT2D eigenvalue weighted by Crippen LogP contribution is 2.30. The van der Waals surface area contributed by atoms with Crippen LogP contribution in [0.3, 0.4) is 0 Å². The lowest BCUT2D eigenvalue weighted by Gasteiger charge is -2.24. The average Bonchev–Trinajstić information content (AvgIpc) is 2.90. The van der Waals surface area contributed by atoms with Crippen LogP contribution in [0, 0.1) is 5.92 Å². The lowest BCUT2D eigenvalue weighted by atomic mass is 9.85. The van der Waals surface area contributed by atoms with Gasteiger partial charge in [0.15, 0.2) is 5.82 Å². The third-order valence-electron chi connectivity index (χ3n) is 4.35. The molecule has 2 N–H and O–H groups in total. The fourth-order valence-corrected chi connectivity index (χ4v) is 3.24. The quantitative estimate of drug-likeness (QED) is 0.800. The van der Waals surface area contributed by atoms with Gasteiger partial charge in [-0.15, -0.1) is 0 Å². The van der Waals surface area contributed by atoms with Crippen LogP contribution in [0.5, 0.6) is 0 Å². The standard InChI is InChI=1S/C16H30N4O/c1-3-10-20-16(18-15(19-20)9-11-21-2)14(17)12-13-7-5-4-6-8-13/h13-14H,3-12,17H2,1-2H3/t14-/m0/s1. The molecule has 0 amide bonds. The van der Waals surface area contributed by atoms with Crippen LogP contribution in [0.2, 0.25) is 0 Å². The molecular weight excluding hydrogens is 264 g/mol. The predicted molar refractivity (Wildman–Crippen MR) is 84.0 cm³/mol. The van der Waals surface area contributed by atoms with E-state index in [0.717, 1.165) is 43.4 Å². The minimum atomic E-state index is 0.0171. The highest BCUT2D eigenvalue weighted by molar-refractivity contribution is 5.00. The van der Waals surface area contributed by atoms with Crippen molar-refractivity contribution < 1.29 is 4.74 Å². The second-order valence-corrected chi connectivity index (χ2v) is 6.20. The Hall–Kier alpha value is -0.940. The first-order valence-electron chi connectivity index (χ1n) is 8.42. The topological polar surface area (TPSA) is 66.0 Å². The summed E-state index contributed by atoms with van der Waals surface area (Å²) < 4.78 is 7.13. The molecule has 0 spiro atoms. The van der Waals surface area contributed by atoms with Gasteiger partial charge in [-0.3, -0.25) is 0 Å². The number of nitrogens with zero attached hydrogens (tertiary/aromatic N) is 3. The number of ether oxygens (including phenoxy) is 1. The lowest BCUT2D eigenvalue weighted by molar-refractivity contribution is 0.200. The molecule has 5 heteroatoms. The molecule has 0 aliphatic heterocycles. The lowest BCUT2D eigenvalue weighted by Crippen LogP contribution is -2.21. The van der Waals surface area contributed by atoms with Gasteiger partial charge in [-0.25, -0.2) is 9.67 Å². The van der Waals surface area contributed by atoms with E-state index in [-0.39, 0.29) is 6.04 Å². The van der Waals surface area contributed by atoms with Crippen molar-refractivity contribution in [2.45, 2.75) is 70.9 Å². The Morgan fingerprint density at radius 2 is 2.10 bits per heavy atom. The smallest absolute Gasteiger partial charge is 0.153 e. The molecule has 1 aliphatic carbocycles. The molecule has 1 aromatic rings. The van der Waals surface area contributed by atoms with Crippen LogP contribution in [0.15, 0.2) is 0 Å². The van der Waals surface area contributed by atoms with Crippen LogP contribution in [0.4, 0.5) is 0 Å². The summed E-state index contributed by atoms with van der Waals surface area (Å²) >= 11 is 0. The van der Waals surface area contributed by atoms with Crippen molar-refractivity contribution in [1.82, 2.24) is 14.8 Å². The van der Waals surface area contributed by atoms with Gasteiger partial charge in [-0.1, -0.05) is 39.0 Å². The number of hydrogen-bond donors (Lipinski definition) is 1. The van der Waals surface area contributed by atoms with Crippen molar-refractivity contribution in [2.24, 2.45) is 11.7 Å². The van der Waals surface area contributed by atoms with Crippen LogP contribution in [0.1, 0.15) is 69.6 Å². The van der Waals surface area contributed by atoms with Gasteiger partial charge in [0.1, 0.15) is 5.82 Å². The van der Waals surface area contributed by atoms with Gasteiger partial charge in [0, 0.05) is 20.1 Å². The average molecular weight is 294 g/mol. The van der Waals surface area contributed by atoms with E-state index in [0.29, 0.717) is 6.61 Å². The van der Waals surface area contributed by atoms with E-state index in [1.54, 1.807) is 7.11 Å². The van der Waals surface area contributed by atoms with Crippen LogP contribution in [-0.2, 0) is 17.7 Å². The first-order valence-corrected chi connectivity index (χ1v) is 8.42. The Kier molecular flexibility index (Phi) is 6.64. The number of aromatic nitrogens is 3. The number of nitrogens with two attached hydrogens (primary N) is 1. The van der Waals surface area contributed by atoms with E-state index < -0.39 is 0 Å². The first kappa shape index (κ1) is 16.4. The summed E-state index contributed by atoms with van der Waals surface area (Å²) in [5.74, 6) is 2.59. The Balaban J connectivity index is 2.02. The largest absolute Gasteiger partial charge is 0.384 e. The second-order valence-electron chi connectivity index (χ2n) is 6.20. The van der Waals surface area contributed by atoms with Crippen molar-refractivity contribution >= 4 is 0 Å². The molecule has 1 aliphatic rings. The SMILES string of the molecule is CCCn1nc(CCOC)nc1[C@@H](N)CC1CCCCC1. The van der Waals surface area contributed by atoms with Crippen LogP contribution in [0.25, 0.3) is 0 Å². The summed E-state index contributed by atoms with van der Waals surface area (Å²) in [5.41, 5.74) is 6.44. The molecule has 2 rings (SSSR count). The maximum atomic E-state index is 6.44. The molecule has 5 nitrogen and oxygen atoms in total. The molecule has 0 saturated heterocycles. The van der Waals surface area contributed by atoms with Crippen molar-refractivity contribution in [3.8, 4) is 0 Å². The van der Waals surface area contributed by atoms with E-state index in [9.17, 15) is 0 Å². The Labute approximate surface area is 128 Å². The third kappa shape index (κ3) is 4.78. The zero-order valence-electron chi connectivity index (χ0n) is 13.6. The van der Waals surface area contributed by atoms with Gasteiger partial charge in [-0.2, -0.15) is 5.10 Å². The van der Waals surface area contributed by atoms with Crippen molar-refractivity contribution in [3.05, 3.63) is 11.6 Å². The highest BCUT2D eigenvalue weighted by atomic mass is 16.5. The Bertz CT molecular complexity index is 412. The van der Waals surface area contributed by atoms with Crippen LogP contribution < -0.4 is 5.73 Å². The molecule has 0 bridgehead atoms. The maximum absolute atomic E-state index is 6.44. The van der Waals surface area contributed by atoms with Gasteiger partial charge in [0.25, 0.3) is 0 Å². The summed E-state index contributed by atoms with van der Waals surface area (Å²) in [6.07, 6.45) is 9.62. The normalized spacial score (nSPS) is 18.0. The third-order valence-corrected chi connectivity index (χ3v) is 4.35. The van der Waals surface area contributed by atoms with E-state index >= 15 is 0 Å². The van der Waals surface area contributed by atoms with Crippen LogP contribution >= 0.6 is 0 Å². The van der Waals surface area contributed by atoms with Crippen molar-refractivity contribution in [1.29, 1.82) is 0 Å². The molecule has 0 radical (unpaired) electrons. The number of aryl methyl sites for hydroxylation is 1. The van der Waals surface area contributed by atoms with E-state index in [4.69, 9.17) is 10.5 Å². The molecule has 1 fully saturated rings. The summed E-state index contributed by atoms with van der Waals surface area (Å²) in [5, 5.41) is 4.60. The minimum Gasteiger partial charge on any atom is -0.384 e.